The van der Waals surface area contributed by atoms with Gasteiger partial charge in [-0.3, -0.25) is 9.97 Å². The molecule has 3 heterocycles. The van der Waals surface area contributed by atoms with Gasteiger partial charge in [-0.1, -0.05) is 24.3 Å². The van der Waals surface area contributed by atoms with E-state index in [0.717, 1.165) is 28.7 Å². The highest BCUT2D eigenvalue weighted by Gasteiger charge is 2.12. The molecule has 3 aromatic heterocycles. The van der Waals surface area contributed by atoms with Crippen molar-refractivity contribution in [3.8, 4) is 28.1 Å². The Kier molecular flexibility index (Phi) is 6.76. The van der Waals surface area contributed by atoms with Crippen LogP contribution in [0.15, 0.2) is 96.5 Å². The fraction of sp³-hybridized carbons (Fsp3) is 0.0357. The zero-order chi connectivity index (χ0) is 25.6. The van der Waals surface area contributed by atoms with Crippen molar-refractivity contribution in [2.45, 2.75) is 6.92 Å². The average Bonchev–Trinajstić information content (AvgIpc) is 2.91. The number of nitrogens with zero attached hydrogens (tertiary/aromatic N) is 5. The largest absolute Gasteiger partial charge is 0.508 e. The maximum absolute atomic E-state index is 14.3. The molecule has 37 heavy (non-hydrogen) atoms. The van der Waals surface area contributed by atoms with E-state index in [0.29, 0.717) is 17.0 Å². The molecule has 9 heteroatoms. The molecule has 0 atom stereocenters. The molecule has 182 valence electrons. The standard InChI is InChI=1S/C28H22FN7O/c1-18-25(6-3-13-30-18)27-26(29)17-32-28(35-27)36-33-16-22-11-12-23(15-31-22)34-21-9-7-19(8-10-21)20-4-2-5-24(37)14-20/h2-17,34,37H,1H3,(H,32,35,36)/b33-16+. The van der Waals surface area contributed by atoms with Crippen LogP contribution in [0.4, 0.5) is 21.7 Å². The van der Waals surface area contributed by atoms with Gasteiger partial charge in [-0.15, -0.1) is 0 Å². The lowest BCUT2D eigenvalue weighted by molar-refractivity contribution is 0.475. The van der Waals surface area contributed by atoms with Gasteiger partial charge in [-0.2, -0.15) is 5.10 Å². The van der Waals surface area contributed by atoms with E-state index in [1.165, 1.54) is 6.21 Å². The molecule has 0 radical (unpaired) electrons. The number of halogens is 1. The number of nitrogens with one attached hydrogen (secondary N) is 2. The first-order valence-corrected chi connectivity index (χ1v) is 11.4. The number of phenolic OH excluding ortho intramolecular Hbond substituents is 1. The number of aromatic hydroxyl groups is 1. The molecule has 0 saturated heterocycles. The molecule has 0 amide bonds. The third-order valence-electron chi connectivity index (χ3n) is 5.51. The predicted octanol–water partition coefficient (Wildman–Crippen LogP) is 5.94. The molecule has 0 aliphatic carbocycles. The van der Waals surface area contributed by atoms with E-state index in [1.807, 2.05) is 48.5 Å². The second-order valence-electron chi connectivity index (χ2n) is 8.12. The van der Waals surface area contributed by atoms with Gasteiger partial charge in [0.15, 0.2) is 5.82 Å². The Morgan fingerprint density at radius 1 is 0.865 bits per heavy atom. The summed E-state index contributed by atoms with van der Waals surface area (Å²) in [5.74, 6) is -0.146. The monoisotopic (exact) mass is 491 g/mol. The van der Waals surface area contributed by atoms with Gasteiger partial charge < -0.3 is 10.4 Å². The summed E-state index contributed by atoms with van der Waals surface area (Å²) in [6, 6.07) is 22.2. The number of rotatable bonds is 7. The van der Waals surface area contributed by atoms with Crippen LogP contribution in [0.3, 0.4) is 0 Å². The van der Waals surface area contributed by atoms with Crippen molar-refractivity contribution in [2.24, 2.45) is 5.10 Å². The average molecular weight is 492 g/mol. The Labute approximate surface area is 212 Å². The second-order valence-corrected chi connectivity index (χ2v) is 8.12. The van der Waals surface area contributed by atoms with Gasteiger partial charge >= 0.3 is 0 Å². The summed E-state index contributed by atoms with van der Waals surface area (Å²) in [4.78, 5) is 16.7. The first kappa shape index (κ1) is 23.6. The summed E-state index contributed by atoms with van der Waals surface area (Å²) >= 11 is 0. The summed E-state index contributed by atoms with van der Waals surface area (Å²) in [6.45, 7) is 1.79. The van der Waals surface area contributed by atoms with E-state index in [4.69, 9.17) is 0 Å². The van der Waals surface area contributed by atoms with E-state index >= 15 is 0 Å². The van der Waals surface area contributed by atoms with Gasteiger partial charge in [0.25, 0.3) is 0 Å². The molecular formula is C28H22FN7O. The first-order chi connectivity index (χ1) is 18.0. The highest BCUT2D eigenvalue weighted by Crippen LogP contribution is 2.26. The maximum Gasteiger partial charge on any atom is 0.244 e. The van der Waals surface area contributed by atoms with Gasteiger partial charge in [0.1, 0.15) is 11.4 Å². The fourth-order valence-electron chi connectivity index (χ4n) is 3.65. The normalized spacial score (nSPS) is 11.0. The number of benzene rings is 2. The number of aryl methyl sites for hydroxylation is 1. The molecule has 0 fully saturated rings. The Hall–Kier alpha value is -5.18. The van der Waals surface area contributed by atoms with Crippen LogP contribution in [0.5, 0.6) is 5.75 Å². The lowest BCUT2D eigenvalue weighted by Gasteiger charge is -2.08. The van der Waals surface area contributed by atoms with E-state index < -0.39 is 5.82 Å². The molecule has 5 rings (SSSR count). The molecule has 5 aromatic rings. The van der Waals surface area contributed by atoms with Crippen LogP contribution in [-0.4, -0.2) is 31.3 Å². The molecule has 2 aromatic carbocycles. The number of anilines is 3. The third-order valence-corrected chi connectivity index (χ3v) is 5.51. The zero-order valence-electron chi connectivity index (χ0n) is 19.8. The number of hydrogen-bond donors (Lipinski definition) is 3. The fourth-order valence-corrected chi connectivity index (χ4v) is 3.65. The topological polar surface area (TPSA) is 108 Å². The molecule has 0 aliphatic heterocycles. The van der Waals surface area contributed by atoms with Crippen molar-refractivity contribution in [1.82, 2.24) is 19.9 Å². The summed E-state index contributed by atoms with van der Waals surface area (Å²) in [6.07, 6.45) is 5.96. The van der Waals surface area contributed by atoms with E-state index in [1.54, 1.807) is 43.6 Å². The third kappa shape index (κ3) is 5.73. The zero-order valence-corrected chi connectivity index (χ0v) is 19.8. The van der Waals surface area contributed by atoms with Crippen molar-refractivity contribution in [3.63, 3.8) is 0 Å². The van der Waals surface area contributed by atoms with Crippen molar-refractivity contribution in [3.05, 3.63) is 109 Å². The molecule has 0 unspecified atom stereocenters. The van der Waals surface area contributed by atoms with Gasteiger partial charge in [0, 0.05) is 23.1 Å². The minimum absolute atomic E-state index is 0.154. The van der Waals surface area contributed by atoms with Crippen LogP contribution in [0.2, 0.25) is 0 Å². The number of hydrogen-bond acceptors (Lipinski definition) is 8. The minimum atomic E-state index is -0.538. The molecular weight excluding hydrogens is 469 g/mol. The van der Waals surface area contributed by atoms with E-state index in [-0.39, 0.29) is 17.4 Å². The predicted molar refractivity (Wildman–Crippen MR) is 142 cm³/mol. The van der Waals surface area contributed by atoms with Crippen molar-refractivity contribution >= 4 is 23.5 Å². The Morgan fingerprint density at radius 3 is 2.46 bits per heavy atom. The molecule has 0 spiro atoms. The number of phenols is 1. The summed E-state index contributed by atoms with van der Waals surface area (Å²) < 4.78 is 14.3. The second kappa shape index (κ2) is 10.6. The highest BCUT2D eigenvalue weighted by atomic mass is 19.1. The quantitative estimate of drug-likeness (QED) is 0.191. The van der Waals surface area contributed by atoms with Gasteiger partial charge in [0.2, 0.25) is 5.95 Å². The minimum Gasteiger partial charge on any atom is -0.508 e. The van der Waals surface area contributed by atoms with Crippen LogP contribution in [0, 0.1) is 12.7 Å². The Balaban J connectivity index is 1.21. The number of pyridine rings is 2. The van der Waals surface area contributed by atoms with Crippen LogP contribution >= 0.6 is 0 Å². The first-order valence-electron chi connectivity index (χ1n) is 11.4. The molecule has 0 saturated carbocycles. The molecule has 3 N–H and O–H groups in total. The van der Waals surface area contributed by atoms with Crippen LogP contribution in [0.1, 0.15) is 11.4 Å². The molecule has 8 nitrogen and oxygen atoms in total. The Bertz CT molecular complexity index is 1550. The van der Waals surface area contributed by atoms with Gasteiger partial charge in [-0.25, -0.2) is 19.8 Å². The molecule has 0 bridgehead atoms. The van der Waals surface area contributed by atoms with Crippen molar-refractivity contribution in [2.75, 3.05) is 10.7 Å². The van der Waals surface area contributed by atoms with Crippen molar-refractivity contribution < 1.29 is 9.50 Å². The van der Waals surface area contributed by atoms with Crippen molar-refractivity contribution in [1.29, 1.82) is 0 Å². The van der Waals surface area contributed by atoms with E-state index in [9.17, 15) is 9.50 Å². The van der Waals surface area contributed by atoms with Crippen LogP contribution < -0.4 is 10.7 Å². The SMILES string of the molecule is Cc1ncccc1-c1nc(N/N=C/c2ccc(Nc3ccc(-c4cccc(O)c4)cc3)cn2)ncc1F. The highest BCUT2D eigenvalue weighted by molar-refractivity contribution is 5.78. The number of aromatic nitrogens is 4. The van der Waals surface area contributed by atoms with Gasteiger partial charge in [0.05, 0.1) is 30.0 Å². The van der Waals surface area contributed by atoms with E-state index in [2.05, 4.69) is 35.8 Å². The van der Waals surface area contributed by atoms with Crippen LogP contribution in [0.25, 0.3) is 22.4 Å². The summed E-state index contributed by atoms with van der Waals surface area (Å²) in [5, 5.41) is 17.1. The smallest absolute Gasteiger partial charge is 0.244 e. The maximum atomic E-state index is 14.3. The van der Waals surface area contributed by atoms with Crippen LogP contribution in [-0.2, 0) is 0 Å². The lowest BCUT2D eigenvalue weighted by atomic mass is 10.1. The number of hydrazone groups is 1. The summed E-state index contributed by atoms with van der Waals surface area (Å²) in [5.41, 5.74) is 8.41. The molecule has 0 aliphatic rings. The van der Waals surface area contributed by atoms with Gasteiger partial charge in [-0.05, 0) is 66.6 Å². The lowest BCUT2D eigenvalue weighted by Crippen LogP contribution is -2.02. The summed E-state index contributed by atoms with van der Waals surface area (Å²) in [7, 11) is 0. The Morgan fingerprint density at radius 2 is 1.70 bits per heavy atom.